The van der Waals surface area contributed by atoms with E-state index in [1.54, 1.807) is 4.90 Å². The summed E-state index contributed by atoms with van der Waals surface area (Å²) in [7, 11) is 0. The Balaban J connectivity index is 1.75. The molecular formula is C22H31NO4. The zero-order chi connectivity index (χ0) is 19.7. The van der Waals surface area contributed by atoms with Gasteiger partial charge in [0.05, 0.1) is 12.7 Å². The Morgan fingerprint density at radius 3 is 2.52 bits per heavy atom. The fourth-order valence-electron chi connectivity index (χ4n) is 3.48. The Kier molecular flexibility index (Phi) is 5.52. The monoisotopic (exact) mass is 373 g/mol. The Morgan fingerprint density at radius 1 is 1.22 bits per heavy atom. The third kappa shape index (κ3) is 4.83. The number of likely N-dealkylation sites (tertiary alicyclic amines) is 1. The van der Waals surface area contributed by atoms with Crippen LogP contribution in [0.2, 0.25) is 0 Å². The van der Waals surface area contributed by atoms with E-state index in [0.717, 1.165) is 29.7 Å². The number of fused-ring (bicyclic) bond motifs is 1. The highest BCUT2D eigenvalue weighted by Gasteiger charge is 2.40. The number of carbonyl (C=O) groups is 1. The summed E-state index contributed by atoms with van der Waals surface area (Å²) in [4.78, 5) is 14.1. The van der Waals surface area contributed by atoms with Crippen molar-refractivity contribution < 1.29 is 19.0 Å². The molecule has 0 saturated carbocycles. The van der Waals surface area contributed by atoms with Gasteiger partial charge in [-0.05, 0) is 52.3 Å². The molecular weight excluding hydrogens is 342 g/mol. The Morgan fingerprint density at radius 2 is 1.89 bits per heavy atom. The largest absolute Gasteiger partial charge is 0.482 e. The first-order chi connectivity index (χ1) is 12.7. The molecule has 0 aromatic heterocycles. The van der Waals surface area contributed by atoms with Gasteiger partial charge in [0.1, 0.15) is 17.0 Å². The summed E-state index contributed by atoms with van der Waals surface area (Å²) >= 11 is 0. The second-order valence-corrected chi connectivity index (χ2v) is 8.66. The number of benzene rings is 1. The van der Waals surface area contributed by atoms with E-state index in [0.29, 0.717) is 19.7 Å². The average Bonchev–Trinajstić information content (AvgIpc) is 2.58. The summed E-state index contributed by atoms with van der Waals surface area (Å²) in [5.41, 5.74) is 1.39. The van der Waals surface area contributed by atoms with Gasteiger partial charge in [0.2, 0.25) is 0 Å². The molecule has 0 N–H and O–H groups in total. The third-order valence-corrected chi connectivity index (χ3v) is 4.82. The van der Waals surface area contributed by atoms with Crippen molar-refractivity contribution in [3.63, 3.8) is 0 Å². The summed E-state index contributed by atoms with van der Waals surface area (Å²) in [6, 6.07) is 8.11. The van der Waals surface area contributed by atoms with E-state index in [9.17, 15) is 4.79 Å². The molecule has 148 valence electrons. The van der Waals surface area contributed by atoms with Crippen LogP contribution < -0.4 is 4.74 Å². The van der Waals surface area contributed by atoms with Crippen molar-refractivity contribution in [2.45, 2.75) is 64.8 Å². The Bertz CT molecular complexity index is 709. The first kappa shape index (κ1) is 19.7. The van der Waals surface area contributed by atoms with Crippen LogP contribution in [0.25, 0.3) is 5.57 Å². The molecule has 5 heteroatoms. The maximum absolute atomic E-state index is 12.4. The van der Waals surface area contributed by atoms with Crippen molar-refractivity contribution in [2.75, 3.05) is 19.7 Å². The third-order valence-electron chi connectivity index (χ3n) is 4.82. The minimum absolute atomic E-state index is 0.172. The standard InChI is InChI=1S/C22H31NO4/c1-16(2)25-15-17-14-22(26-19-9-7-6-8-18(17)19)10-12-23(13-11-22)20(24)27-21(3,4)5/h6-9,14,16H,10-13,15H2,1-5H3. The number of hydrogen-bond acceptors (Lipinski definition) is 4. The smallest absolute Gasteiger partial charge is 0.410 e. The fraction of sp³-hybridized carbons (Fsp3) is 0.591. The molecule has 2 aliphatic heterocycles. The molecule has 27 heavy (non-hydrogen) atoms. The van der Waals surface area contributed by atoms with Crippen molar-refractivity contribution in [1.29, 1.82) is 0 Å². The van der Waals surface area contributed by atoms with Gasteiger partial charge in [0.15, 0.2) is 0 Å². The van der Waals surface area contributed by atoms with Crippen molar-refractivity contribution in [3.05, 3.63) is 35.9 Å². The number of rotatable bonds is 3. The summed E-state index contributed by atoms with van der Waals surface area (Å²) in [6.07, 6.45) is 3.62. The minimum atomic E-state index is -0.478. The molecule has 5 nitrogen and oxygen atoms in total. The number of carbonyl (C=O) groups excluding carboxylic acids is 1. The van der Waals surface area contributed by atoms with E-state index in [4.69, 9.17) is 14.2 Å². The summed E-state index contributed by atoms with van der Waals surface area (Å²) < 4.78 is 17.8. The lowest BCUT2D eigenvalue weighted by atomic mass is 9.85. The van der Waals surface area contributed by atoms with Crippen LogP contribution in [0.5, 0.6) is 5.75 Å². The van der Waals surface area contributed by atoms with Gasteiger partial charge in [-0.25, -0.2) is 4.79 Å². The lowest BCUT2D eigenvalue weighted by Crippen LogP contribution is -2.50. The van der Waals surface area contributed by atoms with E-state index >= 15 is 0 Å². The molecule has 1 spiro atoms. The summed E-state index contributed by atoms with van der Waals surface area (Å²) in [5, 5.41) is 0. The van der Waals surface area contributed by atoms with Crippen molar-refractivity contribution in [3.8, 4) is 5.75 Å². The molecule has 1 fully saturated rings. The number of piperidine rings is 1. The molecule has 0 radical (unpaired) electrons. The molecule has 1 saturated heterocycles. The molecule has 0 bridgehead atoms. The molecule has 2 aliphatic rings. The zero-order valence-electron chi connectivity index (χ0n) is 17.1. The molecule has 1 aromatic rings. The fourth-order valence-corrected chi connectivity index (χ4v) is 3.48. The average molecular weight is 373 g/mol. The van der Waals surface area contributed by atoms with E-state index in [-0.39, 0.29) is 17.8 Å². The van der Waals surface area contributed by atoms with Gasteiger partial charge < -0.3 is 19.1 Å². The van der Waals surface area contributed by atoms with Crippen LogP contribution >= 0.6 is 0 Å². The summed E-state index contributed by atoms with van der Waals surface area (Å²) in [6.45, 7) is 11.6. The van der Waals surface area contributed by atoms with Gasteiger partial charge in [0, 0.05) is 31.5 Å². The van der Waals surface area contributed by atoms with Gasteiger partial charge >= 0.3 is 6.09 Å². The van der Waals surface area contributed by atoms with Crippen LogP contribution in [0.15, 0.2) is 30.3 Å². The second-order valence-electron chi connectivity index (χ2n) is 8.66. The first-order valence-corrected chi connectivity index (χ1v) is 9.77. The molecule has 0 aliphatic carbocycles. The van der Waals surface area contributed by atoms with Crippen LogP contribution in [0.3, 0.4) is 0 Å². The number of nitrogens with zero attached hydrogens (tertiary/aromatic N) is 1. The number of hydrogen-bond donors (Lipinski definition) is 0. The lowest BCUT2D eigenvalue weighted by Gasteiger charge is -2.43. The van der Waals surface area contributed by atoms with Crippen molar-refractivity contribution in [1.82, 2.24) is 4.90 Å². The molecule has 2 heterocycles. The highest BCUT2D eigenvalue weighted by Crippen LogP contribution is 2.41. The maximum Gasteiger partial charge on any atom is 0.410 e. The molecule has 0 unspecified atom stereocenters. The van der Waals surface area contributed by atoms with Gasteiger partial charge in [0.25, 0.3) is 0 Å². The van der Waals surface area contributed by atoms with Crippen LogP contribution in [0.1, 0.15) is 53.0 Å². The summed E-state index contributed by atoms with van der Waals surface area (Å²) in [5.74, 6) is 0.896. The van der Waals surface area contributed by atoms with Gasteiger partial charge in [-0.3, -0.25) is 0 Å². The number of para-hydroxylation sites is 1. The van der Waals surface area contributed by atoms with Gasteiger partial charge in [-0.15, -0.1) is 0 Å². The van der Waals surface area contributed by atoms with Crippen molar-refractivity contribution in [2.24, 2.45) is 0 Å². The zero-order valence-corrected chi connectivity index (χ0v) is 17.1. The maximum atomic E-state index is 12.4. The molecule has 3 rings (SSSR count). The van der Waals surface area contributed by atoms with Crippen LogP contribution in [-0.4, -0.2) is 48.0 Å². The molecule has 0 atom stereocenters. The van der Waals surface area contributed by atoms with Gasteiger partial charge in [-0.1, -0.05) is 18.2 Å². The first-order valence-electron chi connectivity index (χ1n) is 9.77. The Hall–Kier alpha value is -2.01. The SMILES string of the molecule is CC(C)OCC1=CC2(CCN(C(=O)OC(C)(C)C)CC2)Oc2ccccc21. The normalized spacial score (nSPS) is 18.7. The quantitative estimate of drug-likeness (QED) is 0.773. The minimum Gasteiger partial charge on any atom is -0.482 e. The number of amides is 1. The lowest BCUT2D eigenvalue weighted by molar-refractivity contribution is -0.00162. The van der Waals surface area contributed by atoms with E-state index < -0.39 is 5.60 Å². The highest BCUT2D eigenvalue weighted by atomic mass is 16.6. The second kappa shape index (κ2) is 7.55. The molecule has 1 amide bonds. The van der Waals surface area contributed by atoms with Gasteiger partial charge in [-0.2, -0.15) is 0 Å². The van der Waals surface area contributed by atoms with E-state index in [2.05, 4.69) is 12.1 Å². The van der Waals surface area contributed by atoms with Crippen LogP contribution in [0, 0.1) is 0 Å². The van der Waals surface area contributed by atoms with E-state index in [1.807, 2.05) is 52.8 Å². The highest BCUT2D eigenvalue weighted by molar-refractivity contribution is 5.74. The predicted molar refractivity (Wildman–Crippen MR) is 106 cm³/mol. The molecule has 1 aromatic carbocycles. The topological polar surface area (TPSA) is 48.0 Å². The van der Waals surface area contributed by atoms with Crippen LogP contribution in [-0.2, 0) is 9.47 Å². The van der Waals surface area contributed by atoms with Crippen LogP contribution in [0.4, 0.5) is 4.79 Å². The Labute approximate surface area is 162 Å². The number of ether oxygens (including phenoxy) is 3. The predicted octanol–water partition coefficient (Wildman–Crippen LogP) is 4.66. The van der Waals surface area contributed by atoms with Crippen molar-refractivity contribution >= 4 is 11.7 Å². The van der Waals surface area contributed by atoms with E-state index in [1.165, 1.54) is 0 Å².